The predicted octanol–water partition coefficient (Wildman–Crippen LogP) is 2.64. The molecule has 2 aromatic rings. The van der Waals surface area contributed by atoms with Gasteiger partial charge in [-0.25, -0.2) is 4.68 Å². The van der Waals surface area contributed by atoms with Crippen molar-refractivity contribution < 1.29 is 22.6 Å². The summed E-state index contributed by atoms with van der Waals surface area (Å²) in [7, 11) is 1.34. The second-order valence-corrected chi connectivity index (χ2v) is 3.90. The van der Waals surface area contributed by atoms with Crippen LogP contribution in [0.25, 0.3) is 0 Å². The maximum Gasteiger partial charge on any atom is 0.435 e. The van der Waals surface area contributed by atoms with Gasteiger partial charge in [0.15, 0.2) is 12.3 Å². The largest absolute Gasteiger partial charge is 0.464 e. The number of alkyl halides is 3. The van der Waals surface area contributed by atoms with E-state index in [1.165, 1.54) is 13.1 Å². The van der Waals surface area contributed by atoms with Crippen LogP contribution in [0.3, 0.4) is 0 Å². The van der Waals surface area contributed by atoms with Gasteiger partial charge in [0, 0.05) is 25.2 Å². The van der Waals surface area contributed by atoms with Gasteiger partial charge in [-0.3, -0.25) is 0 Å². The number of terminal acetylenes is 1. The molecular formula is C13H10F3N3O2. The van der Waals surface area contributed by atoms with Gasteiger partial charge in [0.2, 0.25) is 17.6 Å². The van der Waals surface area contributed by atoms with Gasteiger partial charge < -0.3 is 9.47 Å². The summed E-state index contributed by atoms with van der Waals surface area (Å²) in [5, 5.41) is 3.33. The Morgan fingerprint density at radius 1 is 1.33 bits per heavy atom. The molecule has 0 aliphatic rings. The monoisotopic (exact) mass is 297 g/mol. The molecule has 0 amide bonds. The van der Waals surface area contributed by atoms with E-state index >= 15 is 0 Å². The zero-order valence-electron chi connectivity index (χ0n) is 10.9. The highest BCUT2D eigenvalue weighted by molar-refractivity contribution is 5.26. The van der Waals surface area contributed by atoms with Crippen molar-refractivity contribution in [2.24, 2.45) is 7.05 Å². The normalized spacial score (nSPS) is 11.0. The van der Waals surface area contributed by atoms with Crippen LogP contribution >= 0.6 is 0 Å². The zero-order valence-corrected chi connectivity index (χ0v) is 10.9. The molecule has 0 spiro atoms. The van der Waals surface area contributed by atoms with Crippen molar-refractivity contribution in [2.75, 3.05) is 6.61 Å². The van der Waals surface area contributed by atoms with Gasteiger partial charge >= 0.3 is 6.18 Å². The van der Waals surface area contributed by atoms with E-state index in [1.807, 2.05) is 0 Å². The van der Waals surface area contributed by atoms with Gasteiger partial charge in [-0.15, -0.1) is 6.42 Å². The number of halogens is 3. The molecule has 0 aliphatic carbocycles. The van der Waals surface area contributed by atoms with Gasteiger partial charge in [-0.1, -0.05) is 12.0 Å². The van der Waals surface area contributed by atoms with E-state index in [-0.39, 0.29) is 24.2 Å². The van der Waals surface area contributed by atoms with Crippen LogP contribution in [-0.4, -0.2) is 21.4 Å². The number of pyridine rings is 1. The molecule has 2 heterocycles. The van der Waals surface area contributed by atoms with Crippen molar-refractivity contribution in [2.45, 2.75) is 6.18 Å². The van der Waals surface area contributed by atoms with Crippen molar-refractivity contribution >= 4 is 0 Å². The van der Waals surface area contributed by atoms with Crippen molar-refractivity contribution in [3.05, 3.63) is 30.0 Å². The van der Waals surface area contributed by atoms with E-state index in [2.05, 4.69) is 16.0 Å². The maximum atomic E-state index is 12.5. The van der Waals surface area contributed by atoms with Crippen LogP contribution < -0.4 is 9.47 Å². The summed E-state index contributed by atoms with van der Waals surface area (Å²) < 4.78 is 48.9. The second-order valence-electron chi connectivity index (χ2n) is 3.90. The lowest BCUT2D eigenvalue weighted by Gasteiger charge is -2.06. The van der Waals surface area contributed by atoms with Crippen LogP contribution in [-0.2, 0) is 13.2 Å². The zero-order chi connectivity index (χ0) is 15.5. The topological polar surface area (TPSA) is 49.2 Å². The van der Waals surface area contributed by atoms with Crippen molar-refractivity contribution in [3.63, 3.8) is 0 Å². The molecule has 0 saturated carbocycles. The Morgan fingerprint density at radius 3 is 2.67 bits per heavy atom. The first-order valence-corrected chi connectivity index (χ1v) is 5.72. The van der Waals surface area contributed by atoms with Crippen LogP contribution in [0.15, 0.2) is 24.3 Å². The van der Waals surface area contributed by atoms with Crippen LogP contribution in [0, 0.1) is 12.3 Å². The van der Waals surface area contributed by atoms with E-state index < -0.39 is 11.9 Å². The van der Waals surface area contributed by atoms with Crippen LogP contribution in [0.5, 0.6) is 17.6 Å². The first kappa shape index (κ1) is 14.7. The van der Waals surface area contributed by atoms with Crippen LogP contribution in [0.4, 0.5) is 13.2 Å². The summed E-state index contributed by atoms with van der Waals surface area (Å²) in [6, 6.07) is 5.39. The van der Waals surface area contributed by atoms with Gasteiger partial charge in [-0.2, -0.15) is 23.3 Å². The molecule has 0 saturated heterocycles. The van der Waals surface area contributed by atoms with Crippen LogP contribution in [0.2, 0.25) is 0 Å². The lowest BCUT2D eigenvalue weighted by Crippen LogP contribution is -2.06. The van der Waals surface area contributed by atoms with Crippen molar-refractivity contribution in [3.8, 4) is 30.0 Å². The fourth-order valence-corrected chi connectivity index (χ4v) is 1.44. The average Bonchev–Trinajstić information content (AvgIpc) is 2.78. The first-order chi connectivity index (χ1) is 9.90. The summed E-state index contributed by atoms with van der Waals surface area (Å²) in [5.74, 6) is 2.46. The fraction of sp³-hybridized carbons (Fsp3) is 0.231. The molecule has 2 aromatic heterocycles. The summed E-state index contributed by atoms with van der Waals surface area (Å²) in [5.41, 5.74) is -1.04. The molecule has 21 heavy (non-hydrogen) atoms. The summed E-state index contributed by atoms with van der Waals surface area (Å²) in [6.45, 7) is 0.0282. The molecule has 110 valence electrons. The molecule has 0 aromatic carbocycles. The Kier molecular flexibility index (Phi) is 4.03. The molecule has 0 radical (unpaired) electrons. The van der Waals surface area contributed by atoms with E-state index in [0.717, 1.165) is 10.7 Å². The maximum absolute atomic E-state index is 12.5. The van der Waals surface area contributed by atoms with Gasteiger partial charge in [0.25, 0.3) is 0 Å². The number of ether oxygens (including phenoxy) is 2. The summed E-state index contributed by atoms with van der Waals surface area (Å²) >= 11 is 0. The SMILES string of the molecule is C#CCOc1cccc(Oc2cc(C(F)(F)F)nn2C)n1. The molecular weight excluding hydrogens is 287 g/mol. The molecule has 0 fully saturated rings. The lowest BCUT2D eigenvalue weighted by atomic mass is 10.4. The summed E-state index contributed by atoms with van der Waals surface area (Å²) in [6.07, 6.45) is 0.512. The van der Waals surface area contributed by atoms with E-state index in [4.69, 9.17) is 15.9 Å². The molecule has 0 N–H and O–H groups in total. The number of aromatic nitrogens is 3. The minimum Gasteiger partial charge on any atom is -0.464 e. The molecule has 0 bridgehead atoms. The second kappa shape index (κ2) is 5.75. The standard InChI is InChI=1S/C13H10F3N3O2/c1-3-7-20-10-5-4-6-11(17-10)21-12-8-9(13(14,15)16)18-19(12)2/h1,4-6,8H,7H2,2H3. The summed E-state index contributed by atoms with van der Waals surface area (Å²) in [4.78, 5) is 3.96. The average molecular weight is 297 g/mol. The van der Waals surface area contributed by atoms with E-state index in [9.17, 15) is 13.2 Å². The highest BCUT2D eigenvalue weighted by Gasteiger charge is 2.35. The third-order valence-corrected chi connectivity index (χ3v) is 2.34. The third-order valence-electron chi connectivity index (χ3n) is 2.34. The number of rotatable bonds is 4. The Morgan fingerprint density at radius 2 is 2.05 bits per heavy atom. The molecule has 0 aliphatic heterocycles. The number of hydrogen-bond acceptors (Lipinski definition) is 4. The quantitative estimate of drug-likeness (QED) is 0.814. The van der Waals surface area contributed by atoms with Gasteiger partial charge in [0.1, 0.15) is 0 Å². The first-order valence-electron chi connectivity index (χ1n) is 5.72. The number of aryl methyl sites for hydroxylation is 1. The number of hydrogen-bond donors (Lipinski definition) is 0. The Labute approximate surface area is 118 Å². The smallest absolute Gasteiger partial charge is 0.435 e. The van der Waals surface area contributed by atoms with Crippen molar-refractivity contribution in [1.82, 2.24) is 14.8 Å². The van der Waals surface area contributed by atoms with E-state index in [0.29, 0.717) is 0 Å². The molecule has 0 atom stereocenters. The Balaban J connectivity index is 2.19. The lowest BCUT2D eigenvalue weighted by molar-refractivity contribution is -0.141. The molecule has 0 unspecified atom stereocenters. The van der Waals surface area contributed by atoms with Crippen molar-refractivity contribution in [1.29, 1.82) is 0 Å². The minimum atomic E-state index is -4.54. The molecule has 5 nitrogen and oxygen atoms in total. The van der Waals surface area contributed by atoms with Gasteiger partial charge in [-0.05, 0) is 0 Å². The third kappa shape index (κ3) is 3.66. The highest BCUT2D eigenvalue weighted by atomic mass is 19.4. The van der Waals surface area contributed by atoms with Gasteiger partial charge in [0.05, 0.1) is 0 Å². The predicted molar refractivity (Wildman–Crippen MR) is 66.8 cm³/mol. The molecule has 2 rings (SSSR count). The van der Waals surface area contributed by atoms with E-state index in [1.54, 1.807) is 12.1 Å². The fourth-order valence-electron chi connectivity index (χ4n) is 1.44. The minimum absolute atomic E-state index is 0.0282. The number of nitrogens with zero attached hydrogens (tertiary/aromatic N) is 3. The Bertz CT molecular complexity index is 674. The highest BCUT2D eigenvalue weighted by Crippen LogP contribution is 2.31. The Hall–Kier alpha value is -2.69. The molecule has 8 heteroatoms. The van der Waals surface area contributed by atoms with Crippen LogP contribution in [0.1, 0.15) is 5.69 Å².